The van der Waals surface area contributed by atoms with Crippen molar-refractivity contribution >= 4 is 17.3 Å². The number of nitrogens with one attached hydrogen (secondary N) is 1. The molecule has 0 heterocycles. The number of benzene rings is 1. The van der Waals surface area contributed by atoms with Crippen LogP contribution in [0.25, 0.3) is 0 Å². The quantitative estimate of drug-likeness (QED) is 0.594. The van der Waals surface area contributed by atoms with E-state index in [9.17, 15) is 19.3 Å². The molecule has 0 spiro atoms. The molecular formula is C9H10FN3O3. The van der Waals surface area contributed by atoms with E-state index in [1.807, 2.05) is 0 Å². The van der Waals surface area contributed by atoms with Crippen molar-refractivity contribution in [1.29, 1.82) is 0 Å². The Hall–Kier alpha value is -2.02. The lowest BCUT2D eigenvalue weighted by molar-refractivity contribution is -0.385. The van der Waals surface area contributed by atoms with Crippen LogP contribution < -0.4 is 11.1 Å². The predicted molar refractivity (Wildman–Crippen MR) is 55.3 cm³/mol. The highest BCUT2D eigenvalue weighted by molar-refractivity contribution is 5.94. The highest BCUT2D eigenvalue weighted by Crippen LogP contribution is 2.19. The van der Waals surface area contributed by atoms with Crippen LogP contribution in [-0.4, -0.2) is 16.9 Å². The Morgan fingerprint density at radius 3 is 2.69 bits per heavy atom. The fourth-order valence-electron chi connectivity index (χ4n) is 1.01. The van der Waals surface area contributed by atoms with Crippen molar-refractivity contribution in [1.82, 2.24) is 0 Å². The second kappa shape index (κ2) is 4.67. The maximum absolute atomic E-state index is 13.0. The fraction of sp³-hybridized carbons (Fsp3) is 0.222. The predicted octanol–water partition coefficient (Wildman–Crippen LogP) is 1.02. The zero-order valence-corrected chi connectivity index (χ0v) is 8.44. The van der Waals surface area contributed by atoms with Crippen molar-refractivity contribution in [2.24, 2.45) is 5.73 Å². The van der Waals surface area contributed by atoms with Crippen molar-refractivity contribution in [2.45, 2.75) is 13.0 Å². The Labute approximate surface area is 90.4 Å². The molecule has 0 unspecified atom stereocenters. The summed E-state index contributed by atoms with van der Waals surface area (Å²) < 4.78 is 13.0. The van der Waals surface area contributed by atoms with E-state index in [2.05, 4.69) is 5.32 Å². The van der Waals surface area contributed by atoms with Crippen molar-refractivity contribution in [2.75, 3.05) is 5.32 Å². The minimum atomic E-state index is -0.797. The van der Waals surface area contributed by atoms with Gasteiger partial charge in [-0.3, -0.25) is 14.9 Å². The van der Waals surface area contributed by atoms with Gasteiger partial charge >= 0.3 is 0 Å². The molecule has 0 saturated heterocycles. The topological polar surface area (TPSA) is 98.3 Å². The number of hydrogen-bond donors (Lipinski definition) is 2. The molecule has 0 radical (unpaired) electrons. The summed E-state index contributed by atoms with van der Waals surface area (Å²) >= 11 is 0. The molecule has 7 heteroatoms. The molecule has 3 N–H and O–H groups in total. The fourth-order valence-corrected chi connectivity index (χ4v) is 1.01. The molecule has 1 aromatic carbocycles. The molecule has 0 fully saturated rings. The van der Waals surface area contributed by atoms with E-state index in [-0.39, 0.29) is 5.69 Å². The van der Waals surface area contributed by atoms with Crippen LogP contribution in [0, 0.1) is 15.9 Å². The smallest absolute Gasteiger partial charge is 0.274 e. The first-order valence-electron chi connectivity index (χ1n) is 4.41. The van der Waals surface area contributed by atoms with Gasteiger partial charge in [0.15, 0.2) is 0 Å². The zero-order valence-electron chi connectivity index (χ0n) is 8.44. The van der Waals surface area contributed by atoms with Crippen LogP contribution in [0.4, 0.5) is 15.8 Å². The van der Waals surface area contributed by atoms with Crippen molar-refractivity contribution in [3.05, 3.63) is 34.1 Å². The largest absolute Gasteiger partial charge is 0.324 e. The third-order valence-corrected chi connectivity index (χ3v) is 1.77. The molecule has 0 aliphatic carbocycles. The van der Waals surface area contributed by atoms with E-state index in [1.165, 1.54) is 6.92 Å². The number of nitrogens with two attached hydrogens (primary N) is 1. The summed E-state index contributed by atoms with van der Waals surface area (Å²) in [5, 5.41) is 12.7. The number of non-ortho nitro benzene ring substituents is 1. The maximum atomic E-state index is 13.0. The Balaban J connectivity index is 2.97. The van der Waals surface area contributed by atoms with E-state index < -0.39 is 28.4 Å². The van der Waals surface area contributed by atoms with Crippen molar-refractivity contribution in [3.63, 3.8) is 0 Å². The van der Waals surface area contributed by atoms with E-state index >= 15 is 0 Å². The highest BCUT2D eigenvalue weighted by atomic mass is 19.1. The van der Waals surface area contributed by atoms with Gasteiger partial charge in [-0.05, 0) is 13.0 Å². The molecule has 6 nitrogen and oxygen atoms in total. The number of rotatable bonds is 3. The zero-order chi connectivity index (χ0) is 12.3. The molecule has 0 aromatic heterocycles. The number of carbonyl (C=O) groups is 1. The molecule has 1 atom stereocenters. The molecule has 1 aromatic rings. The number of nitrogens with zero attached hydrogens (tertiary/aromatic N) is 1. The molecule has 0 saturated carbocycles. The third kappa shape index (κ3) is 2.99. The second-order valence-electron chi connectivity index (χ2n) is 3.23. The standard InChI is InChI=1S/C9H10FN3O3/c1-5(11)9(14)12-7-2-6(10)3-8(4-7)13(15)16/h2-5H,11H2,1H3,(H,12,14)/t5-/m1/s1. The van der Waals surface area contributed by atoms with Crippen LogP contribution in [0.15, 0.2) is 18.2 Å². The summed E-state index contributed by atoms with van der Waals surface area (Å²) in [6, 6.07) is 2.03. The van der Waals surface area contributed by atoms with E-state index in [0.29, 0.717) is 0 Å². The highest BCUT2D eigenvalue weighted by Gasteiger charge is 2.13. The first-order chi connectivity index (χ1) is 7.40. The van der Waals surface area contributed by atoms with E-state index in [1.54, 1.807) is 0 Å². The van der Waals surface area contributed by atoms with Crippen LogP contribution in [0.3, 0.4) is 0 Å². The van der Waals surface area contributed by atoms with Crippen LogP contribution in [0.5, 0.6) is 0 Å². The lowest BCUT2D eigenvalue weighted by Gasteiger charge is -2.07. The average Bonchev–Trinajstić information content (AvgIpc) is 2.16. The SMILES string of the molecule is C[C@@H](N)C(=O)Nc1cc(F)cc([N+](=O)[O-])c1. The van der Waals surface area contributed by atoms with Crippen molar-refractivity contribution < 1.29 is 14.1 Å². The third-order valence-electron chi connectivity index (χ3n) is 1.77. The summed E-state index contributed by atoms with van der Waals surface area (Å²) in [6.45, 7) is 1.45. The normalized spacial score (nSPS) is 11.9. The molecular weight excluding hydrogens is 217 g/mol. The number of halogens is 1. The number of nitro benzene ring substituents is 1. The molecule has 0 aliphatic heterocycles. The molecule has 16 heavy (non-hydrogen) atoms. The first kappa shape index (κ1) is 12.1. The molecule has 0 aliphatic rings. The van der Waals surface area contributed by atoms with Gasteiger partial charge in [-0.25, -0.2) is 4.39 Å². The van der Waals surface area contributed by atoms with E-state index in [0.717, 1.165) is 18.2 Å². The number of hydrogen-bond acceptors (Lipinski definition) is 4. The first-order valence-corrected chi connectivity index (χ1v) is 4.41. The summed E-state index contributed by atoms with van der Waals surface area (Å²) in [4.78, 5) is 20.9. The van der Waals surface area contributed by atoms with Gasteiger partial charge in [0.1, 0.15) is 5.82 Å². The van der Waals surface area contributed by atoms with Gasteiger partial charge in [-0.15, -0.1) is 0 Å². The summed E-state index contributed by atoms with van der Waals surface area (Å²) in [6.07, 6.45) is 0. The summed E-state index contributed by atoms with van der Waals surface area (Å²) in [5.41, 5.74) is 4.86. The Bertz CT molecular complexity index is 434. The number of carbonyl (C=O) groups excluding carboxylic acids is 1. The van der Waals surface area contributed by atoms with E-state index in [4.69, 9.17) is 5.73 Å². The van der Waals surface area contributed by atoms with Gasteiger partial charge in [-0.1, -0.05) is 0 Å². The average molecular weight is 227 g/mol. The van der Waals surface area contributed by atoms with Crippen molar-refractivity contribution in [3.8, 4) is 0 Å². The molecule has 1 rings (SSSR count). The molecule has 1 amide bonds. The monoisotopic (exact) mass is 227 g/mol. The van der Waals surface area contributed by atoms with Crippen LogP contribution in [-0.2, 0) is 4.79 Å². The number of amides is 1. The minimum Gasteiger partial charge on any atom is -0.324 e. The maximum Gasteiger partial charge on any atom is 0.274 e. The summed E-state index contributed by atoms with van der Waals surface area (Å²) in [5.74, 6) is -1.34. The minimum absolute atomic E-state index is 0.00833. The Morgan fingerprint density at radius 1 is 1.56 bits per heavy atom. The van der Waals surface area contributed by atoms with Gasteiger partial charge in [0.25, 0.3) is 5.69 Å². The van der Waals surface area contributed by atoms with Gasteiger partial charge in [0.2, 0.25) is 5.91 Å². The lowest BCUT2D eigenvalue weighted by atomic mass is 10.2. The second-order valence-corrected chi connectivity index (χ2v) is 3.23. The Kier molecular flexibility index (Phi) is 3.51. The summed E-state index contributed by atoms with van der Waals surface area (Å²) in [7, 11) is 0. The Morgan fingerprint density at radius 2 is 2.19 bits per heavy atom. The lowest BCUT2D eigenvalue weighted by Crippen LogP contribution is -2.32. The van der Waals surface area contributed by atoms with Crippen LogP contribution >= 0.6 is 0 Å². The van der Waals surface area contributed by atoms with Gasteiger partial charge in [-0.2, -0.15) is 0 Å². The number of nitro groups is 1. The van der Waals surface area contributed by atoms with Gasteiger partial charge < -0.3 is 11.1 Å². The van der Waals surface area contributed by atoms with Crippen LogP contribution in [0.2, 0.25) is 0 Å². The van der Waals surface area contributed by atoms with Gasteiger partial charge in [0, 0.05) is 6.07 Å². The molecule has 0 bridgehead atoms. The molecule has 86 valence electrons. The van der Waals surface area contributed by atoms with Crippen LogP contribution in [0.1, 0.15) is 6.92 Å². The van der Waals surface area contributed by atoms with Gasteiger partial charge in [0.05, 0.1) is 22.7 Å². The number of anilines is 1.